The third-order valence-corrected chi connectivity index (χ3v) is 3.72. The maximum Gasteiger partial charge on any atom is 0.218 e. The van der Waals surface area contributed by atoms with E-state index in [1.807, 2.05) is 0 Å². The summed E-state index contributed by atoms with van der Waals surface area (Å²) in [5.74, 6) is 0.831. The van der Waals surface area contributed by atoms with Gasteiger partial charge in [0.1, 0.15) is 0 Å². The molecule has 0 aromatic heterocycles. The largest absolute Gasteiger partial charge is 0.370 e. The second-order valence-corrected chi connectivity index (χ2v) is 5.43. The summed E-state index contributed by atoms with van der Waals surface area (Å²) in [6, 6.07) is 4.41. The Kier molecular flexibility index (Phi) is 3.23. The van der Waals surface area contributed by atoms with Crippen LogP contribution in [0.4, 0.5) is 0 Å². The molecular weight excluding hydrogens is 210 g/mol. The van der Waals surface area contributed by atoms with Gasteiger partial charge in [0.05, 0.1) is 0 Å². The van der Waals surface area contributed by atoms with Gasteiger partial charge >= 0.3 is 0 Å². The maximum absolute atomic E-state index is 11.2. The van der Waals surface area contributed by atoms with E-state index in [4.69, 9.17) is 5.73 Å². The van der Waals surface area contributed by atoms with Crippen LogP contribution in [-0.2, 0) is 4.79 Å². The lowest BCUT2D eigenvalue weighted by atomic mass is 9.84. The molecule has 0 bridgehead atoms. The first-order valence-electron chi connectivity index (χ1n) is 6.35. The van der Waals surface area contributed by atoms with E-state index in [9.17, 15) is 4.79 Å². The van der Waals surface area contributed by atoms with E-state index < -0.39 is 0 Å². The lowest BCUT2D eigenvalue weighted by molar-refractivity contribution is -0.118. The fraction of sp³-hybridized carbons (Fsp3) is 0.533. The average molecular weight is 231 g/mol. The highest BCUT2D eigenvalue weighted by molar-refractivity contribution is 5.75. The molecule has 1 atom stereocenters. The summed E-state index contributed by atoms with van der Waals surface area (Å²) >= 11 is 0. The third-order valence-electron chi connectivity index (χ3n) is 3.72. The van der Waals surface area contributed by atoms with Crippen LogP contribution in [0.25, 0.3) is 0 Å². The summed E-state index contributed by atoms with van der Waals surface area (Å²) in [7, 11) is 0. The van der Waals surface area contributed by atoms with Crippen molar-refractivity contribution in [2.24, 2.45) is 11.7 Å². The first kappa shape index (κ1) is 12.2. The van der Waals surface area contributed by atoms with Crippen molar-refractivity contribution in [3.8, 4) is 0 Å². The summed E-state index contributed by atoms with van der Waals surface area (Å²) in [6.45, 7) is 6.40. The molecule has 0 saturated heterocycles. The Hall–Kier alpha value is -1.31. The summed E-state index contributed by atoms with van der Waals surface area (Å²) in [6.07, 6.45) is 2.98. The molecule has 0 aliphatic heterocycles. The number of primary amides is 1. The van der Waals surface area contributed by atoms with Gasteiger partial charge in [0.2, 0.25) is 5.91 Å². The number of aryl methyl sites for hydroxylation is 3. The van der Waals surface area contributed by atoms with Crippen molar-refractivity contribution in [1.29, 1.82) is 0 Å². The molecule has 2 nitrogen and oxygen atoms in total. The number of benzene rings is 1. The summed E-state index contributed by atoms with van der Waals surface area (Å²) in [4.78, 5) is 11.2. The van der Waals surface area contributed by atoms with E-state index in [1.54, 1.807) is 0 Å². The van der Waals surface area contributed by atoms with Gasteiger partial charge in [-0.15, -0.1) is 0 Å². The van der Waals surface area contributed by atoms with E-state index >= 15 is 0 Å². The zero-order chi connectivity index (χ0) is 12.6. The number of hydrogen-bond donors (Lipinski definition) is 1. The van der Waals surface area contributed by atoms with E-state index in [1.165, 1.54) is 35.1 Å². The average Bonchev–Trinajstić information content (AvgIpc) is 2.96. The van der Waals surface area contributed by atoms with Gasteiger partial charge < -0.3 is 5.73 Å². The van der Waals surface area contributed by atoms with Gasteiger partial charge in [-0.3, -0.25) is 4.79 Å². The summed E-state index contributed by atoms with van der Waals surface area (Å²) in [5.41, 5.74) is 10.6. The van der Waals surface area contributed by atoms with Gasteiger partial charge in [-0.05, 0) is 62.1 Å². The molecule has 0 radical (unpaired) electrons. The number of amides is 1. The quantitative estimate of drug-likeness (QED) is 0.850. The minimum atomic E-state index is -0.179. The van der Waals surface area contributed by atoms with Gasteiger partial charge in [-0.25, -0.2) is 0 Å². The Morgan fingerprint density at radius 2 is 1.82 bits per heavy atom. The molecule has 1 saturated carbocycles. The Balaban J connectivity index is 2.38. The highest BCUT2D eigenvalue weighted by Gasteiger charge is 2.34. The number of hydrogen-bond acceptors (Lipinski definition) is 1. The van der Waals surface area contributed by atoms with E-state index in [0.717, 1.165) is 0 Å². The molecule has 0 spiro atoms. The van der Waals surface area contributed by atoms with Crippen molar-refractivity contribution in [3.63, 3.8) is 0 Å². The first-order valence-corrected chi connectivity index (χ1v) is 6.35. The van der Waals surface area contributed by atoms with E-state index in [-0.39, 0.29) is 5.91 Å². The van der Waals surface area contributed by atoms with Crippen molar-refractivity contribution in [2.45, 2.75) is 46.0 Å². The minimum Gasteiger partial charge on any atom is -0.370 e. The molecule has 1 unspecified atom stereocenters. The molecule has 1 fully saturated rings. The summed E-state index contributed by atoms with van der Waals surface area (Å²) in [5, 5.41) is 0. The van der Waals surface area contributed by atoms with E-state index in [2.05, 4.69) is 32.9 Å². The fourth-order valence-corrected chi connectivity index (χ4v) is 3.00. The zero-order valence-corrected chi connectivity index (χ0v) is 10.9. The predicted molar refractivity (Wildman–Crippen MR) is 69.9 cm³/mol. The predicted octanol–water partition coefficient (Wildman–Crippen LogP) is 2.98. The highest BCUT2D eigenvalue weighted by atomic mass is 16.1. The second-order valence-electron chi connectivity index (χ2n) is 5.43. The normalized spacial score (nSPS) is 16.9. The fourth-order valence-electron chi connectivity index (χ4n) is 3.00. The monoisotopic (exact) mass is 231 g/mol. The number of carbonyl (C=O) groups is 1. The van der Waals surface area contributed by atoms with Crippen LogP contribution in [0.15, 0.2) is 12.1 Å². The van der Waals surface area contributed by atoms with Crippen molar-refractivity contribution >= 4 is 5.91 Å². The molecule has 1 aliphatic rings. The lowest BCUT2D eigenvalue weighted by Gasteiger charge is -2.21. The van der Waals surface area contributed by atoms with Gasteiger partial charge in [-0.2, -0.15) is 0 Å². The Morgan fingerprint density at radius 3 is 2.24 bits per heavy atom. The minimum absolute atomic E-state index is 0.179. The van der Waals surface area contributed by atoms with Gasteiger partial charge in [-0.1, -0.05) is 17.7 Å². The lowest BCUT2D eigenvalue weighted by Crippen LogP contribution is -2.18. The van der Waals surface area contributed by atoms with Crippen molar-refractivity contribution in [2.75, 3.05) is 0 Å². The Bertz CT molecular complexity index is 423. The molecule has 1 aliphatic carbocycles. The first-order chi connectivity index (χ1) is 7.99. The molecule has 1 aromatic carbocycles. The SMILES string of the molecule is Cc1cc(C)c(C(CC(N)=O)C2CC2)c(C)c1. The standard InChI is InChI=1S/C15H21NO/c1-9-6-10(2)15(11(3)7-9)13(8-14(16)17)12-4-5-12/h6-7,12-13H,4-5,8H2,1-3H3,(H2,16,17). The van der Waals surface area contributed by atoms with Crippen molar-refractivity contribution < 1.29 is 4.79 Å². The van der Waals surface area contributed by atoms with Crippen LogP contribution in [0.1, 0.15) is 47.4 Å². The van der Waals surface area contributed by atoms with Crippen LogP contribution in [0.5, 0.6) is 0 Å². The van der Waals surface area contributed by atoms with Crippen molar-refractivity contribution in [3.05, 3.63) is 34.4 Å². The second kappa shape index (κ2) is 4.52. The molecule has 92 valence electrons. The molecule has 2 N–H and O–H groups in total. The van der Waals surface area contributed by atoms with Gasteiger partial charge in [0, 0.05) is 6.42 Å². The van der Waals surface area contributed by atoms with Crippen LogP contribution in [-0.4, -0.2) is 5.91 Å². The highest BCUT2D eigenvalue weighted by Crippen LogP contribution is 2.46. The molecule has 1 aromatic rings. The molecule has 2 rings (SSSR count). The number of nitrogens with two attached hydrogens (primary N) is 1. The molecule has 0 heterocycles. The number of rotatable bonds is 4. The molecule has 1 amide bonds. The molecule has 17 heavy (non-hydrogen) atoms. The molecular formula is C15H21NO. The third kappa shape index (κ3) is 2.68. The Morgan fingerprint density at radius 1 is 1.29 bits per heavy atom. The van der Waals surface area contributed by atoms with Crippen LogP contribution < -0.4 is 5.73 Å². The van der Waals surface area contributed by atoms with Crippen LogP contribution in [0.3, 0.4) is 0 Å². The summed E-state index contributed by atoms with van der Waals surface area (Å²) < 4.78 is 0. The van der Waals surface area contributed by atoms with Crippen molar-refractivity contribution in [1.82, 2.24) is 0 Å². The Labute approximate surface area is 103 Å². The number of carbonyl (C=O) groups excluding carboxylic acids is 1. The topological polar surface area (TPSA) is 43.1 Å². The van der Waals surface area contributed by atoms with Crippen LogP contribution >= 0.6 is 0 Å². The van der Waals surface area contributed by atoms with Crippen LogP contribution in [0, 0.1) is 26.7 Å². The zero-order valence-electron chi connectivity index (χ0n) is 10.9. The van der Waals surface area contributed by atoms with Gasteiger partial charge in [0.15, 0.2) is 0 Å². The smallest absolute Gasteiger partial charge is 0.218 e. The van der Waals surface area contributed by atoms with Crippen LogP contribution in [0.2, 0.25) is 0 Å². The maximum atomic E-state index is 11.2. The van der Waals surface area contributed by atoms with Gasteiger partial charge in [0.25, 0.3) is 0 Å². The molecule has 2 heteroatoms. The van der Waals surface area contributed by atoms with E-state index in [0.29, 0.717) is 18.3 Å².